The quantitative estimate of drug-likeness (QED) is 0.816. The number of carbonyl (C=O) groups is 1. The molecule has 19 heavy (non-hydrogen) atoms. The minimum Gasteiger partial charge on any atom is -0.387 e. The molecule has 1 unspecified atom stereocenters. The van der Waals surface area contributed by atoms with Crippen molar-refractivity contribution < 1.29 is 9.90 Å². The van der Waals surface area contributed by atoms with Crippen LogP contribution in [-0.4, -0.2) is 48.2 Å². The van der Waals surface area contributed by atoms with Gasteiger partial charge in [-0.25, -0.2) is 0 Å². The number of hydrogen-bond acceptors (Lipinski definition) is 3. The number of carbonyl (C=O) groups excluding carboxylic acids is 1. The van der Waals surface area contributed by atoms with Gasteiger partial charge in [-0.05, 0) is 25.8 Å². The Hall–Kier alpha value is -0.610. The van der Waals surface area contributed by atoms with E-state index in [2.05, 4.69) is 5.32 Å². The maximum absolute atomic E-state index is 12.5. The highest BCUT2D eigenvalue weighted by Crippen LogP contribution is 2.25. The molecular formula is C15H28N2O2. The van der Waals surface area contributed by atoms with Gasteiger partial charge in [-0.1, -0.05) is 32.1 Å². The molecule has 2 aliphatic rings. The molecule has 4 heteroatoms. The summed E-state index contributed by atoms with van der Waals surface area (Å²) in [5.41, 5.74) is -0.716. The first-order valence-corrected chi connectivity index (χ1v) is 7.79. The number of amides is 1. The molecule has 1 aliphatic carbocycles. The Morgan fingerprint density at radius 2 is 1.89 bits per heavy atom. The maximum Gasteiger partial charge on any atom is 0.225 e. The van der Waals surface area contributed by atoms with E-state index < -0.39 is 5.60 Å². The van der Waals surface area contributed by atoms with Crippen LogP contribution >= 0.6 is 0 Å². The van der Waals surface area contributed by atoms with E-state index in [0.717, 1.165) is 25.8 Å². The van der Waals surface area contributed by atoms with Crippen LogP contribution in [0.15, 0.2) is 0 Å². The molecule has 0 aromatic heterocycles. The van der Waals surface area contributed by atoms with Gasteiger partial charge in [-0.3, -0.25) is 4.79 Å². The van der Waals surface area contributed by atoms with Gasteiger partial charge < -0.3 is 15.3 Å². The number of nitrogens with one attached hydrogen (secondary N) is 1. The van der Waals surface area contributed by atoms with Crippen LogP contribution < -0.4 is 5.32 Å². The molecule has 1 amide bonds. The summed E-state index contributed by atoms with van der Waals surface area (Å²) in [5.74, 6) is 0.422. The van der Waals surface area contributed by atoms with E-state index in [0.29, 0.717) is 13.1 Å². The summed E-state index contributed by atoms with van der Waals surface area (Å²) >= 11 is 0. The Morgan fingerprint density at radius 1 is 1.26 bits per heavy atom. The number of β-amino-alcohol motifs (C(OH)–C–C–N with tert-alkyl or cyclic N) is 1. The second kappa shape index (κ2) is 6.71. The van der Waals surface area contributed by atoms with Crippen molar-refractivity contribution in [3.05, 3.63) is 0 Å². The van der Waals surface area contributed by atoms with Gasteiger partial charge in [-0.15, -0.1) is 0 Å². The van der Waals surface area contributed by atoms with E-state index in [4.69, 9.17) is 0 Å². The number of aliphatic hydroxyl groups is 1. The third-order valence-electron chi connectivity index (χ3n) is 4.58. The van der Waals surface area contributed by atoms with Crippen LogP contribution in [0.2, 0.25) is 0 Å². The van der Waals surface area contributed by atoms with Gasteiger partial charge in [0.25, 0.3) is 0 Å². The molecule has 0 spiro atoms. The second-order valence-electron chi connectivity index (χ2n) is 6.39. The summed E-state index contributed by atoms with van der Waals surface area (Å²) in [4.78, 5) is 14.3. The van der Waals surface area contributed by atoms with Gasteiger partial charge in [0.05, 0.1) is 12.1 Å². The highest BCUT2D eigenvalue weighted by Gasteiger charge is 2.34. The lowest BCUT2D eigenvalue weighted by Crippen LogP contribution is -2.47. The lowest BCUT2D eigenvalue weighted by molar-refractivity contribution is -0.137. The van der Waals surface area contributed by atoms with E-state index in [1.54, 1.807) is 4.90 Å². The van der Waals surface area contributed by atoms with Crippen LogP contribution in [0.3, 0.4) is 0 Å². The monoisotopic (exact) mass is 268 g/mol. The zero-order valence-corrected chi connectivity index (χ0v) is 12.2. The summed E-state index contributed by atoms with van der Waals surface area (Å²) in [7, 11) is 1.84. The smallest absolute Gasteiger partial charge is 0.225 e. The second-order valence-corrected chi connectivity index (χ2v) is 6.39. The first kappa shape index (κ1) is 14.8. The van der Waals surface area contributed by atoms with E-state index in [1.165, 1.54) is 32.1 Å². The van der Waals surface area contributed by atoms with Crippen molar-refractivity contribution in [2.45, 2.75) is 57.0 Å². The third-order valence-corrected chi connectivity index (χ3v) is 4.58. The van der Waals surface area contributed by atoms with Gasteiger partial charge in [0.15, 0.2) is 0 Å². The predicted octanol–water partition coefficient (Wildman–Crippen LogP) is 1.53. The molecule has 0 radical (unpaired) electrons. The van der Waals surface area contributed by atoms with Crippen molar-refractivity contribution >= 4 is 5.91 Å². The zero-order valence-electron chi connectivity index (χ0n) is 12.2. The van der Waals surface area contributed by atoms with Gasteiger partial charge >= 0.3 is 0 Å². The van der Waals surface area contributed by atoms with Crippen molar-refractivity contribution in [1.29, 1.82) is 0 Å². The Labute approximate surface area is 116 Å². The molecular weight excluding hydrogens is 240 g/mol. The van der Waals surface area contributed by atoms with Crippen molar-refractivity contribution in [3.8, 4) is 0 Å². The molecule has 2 rings (SSSR count). The Kier molecular flexibility index (Phi) is 5.22. The van der Waals surface area contributed by atoms with Crippen LogP contribution in [0.4, 0.5) is 0 Å². The number of rotatable bonds is 3. The fourth-order valence-electron chi connectivity index (χ4n) is 3.40. The third kappa shape index (κ3) is 4.18. The van der Waals surface area contributed by atoms with Crippen molar-refractivity contribution in [3.63, 3.8) is 0 Å². The first-order valence-electron chi connectivity index (χ1n) is 7.79. The normalized spacial score (nSPS) is 29.8. The predicted molar refractivity (Wildman–Crippen MR) is 75.9 cm³/mol. The highest BCUT2D eigenvalue weighted by atomic mass is 16.3. The molecule has 0 bridgehead atoms. The van der Waals surface area contributed by atoms with Crippen LogP contribution in [0.25, 0.3) is 0 Å². The Bertz CT molecular complexity index is 293. The number of hydrogen-bond donors (Lipinski definition) is 2. The molecule has 0 aromatic carbocycles. The molecule has 4 nitrogen and oxygen atoms in total. The maximum atomic E-state index is 12.5. The average Bonchev–Trinajstić information content (AvgIpc) is 2.74. The highest BCUT2D eigenvalue weighted by molar-refractivity contribution is 5.78. The van der Waals surface area contributed by atoms with Crippen LogP contribution in [0, 0.1) is 5.92 Å². The lowest BCUT2D eigenvalue weighted by Gasteiger charge is -2.31. The standard InChI is InChI=1S/C15H28N2O2/c1-17(12-15(19)9-10-16-11-15)14(18)13-7-5-3-2-4-6-8-13/h13,16,19H,2-12H2,1H3. The van der Waals surface area contributed by atoms with Gasteiger partial charge in [0.1, 0.15) is 0 Å². The Morgan fingerprint density at radius 3 is 2.47 bits per heavy atom. The van der Waals surface area contributed by atoms with Crippen LogP contribution in [0.5, 0.6) is 0 Å². The SMILES string of the molecule is CN(CC1(O)CCNC1)C(=O)C1CCCCCCC1. The van der Waals surface area contributed by atoms with Crippen LogP contribution in [0.1, 0.15) is 51.4 Å². The summed E-state index contributed by atoms with van der Waals surface area (Å²) in [6, 6.07) is 0. The lowest BCUT2D eigenvalue weighted by atomic mass is 9.90. The van der Waals surface area contributed by atoms with Crippen molar-refractivity contribution in [1.82, 2.24) is 10.2 Å². The van der Waals surface area contributed by atoms with E-state index in [-0.39, 0.29) is 11.8 Å². The summed E-state index contributed by atoms with van der Waals surface area (Å²) in [5, 5.41) is 13.5. The fraction of sp³-hybridized carbons (Fsp3) is 0.933. The largest absolute Gasteiger partial charge is 0.387 e. The molecule has 1 saturated carbocycles. The van der Waals surface area contributed by atoms with Gasteiger partial charge in [0, 0.05) is 19.5 Å². The summed E-state index contributed by atoms with van der Waals surface area (Å²) in [6.45, 7) is 1.92. The van der Waals surface area contributed by atoms with E-state index in [9.17, 15) is 9.90 Å². The number of nitrogens with zero attached hydrogens (tertiary/aromatic N) is 1. The minimum absolute atomic E-state index is 0.184. The molecule has 2 N–H and O–H groups in total. The average molecular weight is 268 g/mol. The van der Waals surface area contributed by atoms with Gasteiger partial charge in [-0.2, -0.15) is 0 Å². The molecule has 1 heterocycles. The topological polar surface area (TPSA) is 52.6 Å². The van der Waals surface area contributed by atoms with Gasteiger partial charge in [0.2, 0.25) is 5.91 Å². The molecule has 0 aromatic rings. The molecule has 2 fully saturated rings. The molecule has 1 saturated heterocycles. The molecule has 1 aliphatic heterocycles. The van der Waals surface area contributed by atoms with E-state index in [1.807, 2.05) is 7.05 Å². The van der Waals surface area contributed by atoms with Crippen molar-refractivity contribution in [2.24, 2.45) is 5.92 Å². The fourth-order valence-corrected chi connectivity index (χ4v) is 3.40. The molecule has 1 atom stereocenters. The molecule has 110 valence electrons. The summed E-state index contributed by atoms with van der Waals surface area (Å²) < 4.78 is 0. The Balaban J connectivity index is 1.86. The minimum atomic E-state index is -0.716. The first-order chi connectivity index (χ1) is 9.11. The van der Waals surface area contributed by atoms with Crippen molar-refractivity contribution in [2.75, 3.05) is 26.7 Å². The zero-order chi connectivity index (χ0) is 13.7. The van der Waals surface area contributed by atoms with E-state index >= 15 is 0 Å². The summed E-state index contributed by atoms with van der Waals surface area (Å²) in [6.07, 6.45) is 9.01. The van der Waals surface area contributed by atoms with Crippen LogP contribution in [-0.2, 0) is 4.79 Å². The number of likely N-dealkylation sites (N-methyl/N-ethyl adjacent to an activating group) is 1.